The highest BCUT2D eigenvalue weighted by atomic mass is 16.5. The first-order valence-electron chi connectivity index (χ1n) is 12.6. The van der Waals surface area contributed by atoms with Gasteiger partial charge in [-0.25, -0.2) is 0 Å². The molecule has 2 aromatic rings. The third-order valence-electron chi connectivity index (χ3n) is 5.57. The number of carboxylic acids is 1. The van der Waals surface area contributed by atoms with Crippen molar-refractivity contribution in [3.63, 3.8) is 0 Å². The fourth-order valence-corrected chi connectivity index (χ4v) is 3.36. The Bertz CT molecular complexity index is 1090. The number of quaternary nitrogens is 1. The molecule has 0 saturated heterocycles. The number of carbonyl (C=O) groups excluding carboxylic acids is 1. The molecule has 1 amide bonds. The van der Waals surface area contributed by atoms with Crippen molar-refractivity contribution in [2.24, 2.45) is 5.73 Å². The SMILES string of the molecule is COc1ccc(COc2c(/C=C/C(=O)N[O-])ccc(OC)c2CC=C(C)C)cc1.NC(CCCC[NH3+])C(=O)O. The van der Waals surface area contributed by atoms with Gasteiger partial charge in [0.15, 0.2) is 0 Å². The van der Waals surface area contributed by atoms with Gasteiger partial charge in [0.1, 0.15) is 29.9 Å². The normalized spacial score (nSPS) is 11.2. The minimum atomic E-state index is -0.913. The first-order valence-corrected chi connectivity index (χ1v) is 12.6. The molecule has 10 nitrogen and oxygen atoms in total. The summed E-state index contributed by atoms with van der Waals surface area (Å²) < 4.78 is 16.9. The second-order valence-electron chi connectivity index (χ2n) is 8.88. The Hall–Kier alpha value is -3.86. The molecule has 2 rings (SSSR count). The maximum absolute atomic E-state index is 11.4. The Balaban J connectivity index is 0.000000646. The fourth-order valence-electron chi connectivity index (χ4n) is 3.36. The van der Waals surface area contributed by atoms with E-state index in [-0.39, 0.29) is 0 Å². The average Bonchev–Trinajstić information content (AvgIpc) is 2.94. The van der Waals surface area contributed by atoms with Crippen LogP contribution < -0.4 is 31.2 Å². The minimum absolute atomic E-state index is 0.327. The number of rotatable bonds is 14. The number of nitrogens with two attached hydrogens (primary N) is 1. The zero-order valence-electron chi connectivity index (χ0n) is 23.2. The van der Waals surface area contributed by atoms with E-state index in [2.05, 4.69) is 11.8 Å². The summed E-state index contributed by atoms with van der Waals surface area (Å²) in [6.45, 7) is 5.22. The molecule has 2 aromatic carbocycles. The van der Waals surface area contributed by atoms with Crippen LogP contribution in [-0.4, -0.2) is 43.8 Å². The van der Waals surface area contributed by atoms with Crippen molar-refractivity contribution < 1.29 is 34.6 Å². The van der Waals surface area contributed by atoms with Crippen LogP contribution in [0.25, 0.3) is 6.08 Å². The number of benzene rings is 2. The number of ether oxygens (including phenoxy) is 3. The zero-order chi connectivity index (χ0) is 29.2. The van der Waals surface area contributed by atoms with Crippen LogP contribution in [0.1, 0.15) is 49.8 Å². The van der Waals surface area contributed by atoms with Gasteiger partial charge in [0.25, 0.3) is 0 Å². The van der Waals surface area contributed by atoms with Crippen molar-refractivity contribution in [3.8, 4) is 17.2 Å². The van der Waals surface area contributed by atoms with Crippen molar-refractivity contribution in [3.05, 3.63) is 76.0 Å². The number of aliphatic carboxylic acids is 1. The molecule has 0 aliphatic heterocycles. The van der Waals surface area contributed by atoms with E-state index in [4.69, 9.17) is 25.1 Å². The summed E-state index contributed by atoms with van der Waals surface area (Å²) in [5, 5.41) is 18.9. The quantitative estimate of drug-likeness (QED) is 0.122. The smallest absolute Gasteiger partial charge is 0.320 e. The molecule has 0 aliphatic rings. The van der Waals surface area contributed by atoms with Gasteiger partial charge in [0, 0.05) is 17.2 Å². The van der Waals surface area contributed by atoms with E-state index in [1.54, 1.807) is 26.4 Å². The molecule has 0 fully saturated rings. The minimum Gasteiger partial charge on any atom is -0.759 e. The second kappa shape index (κ2) is 18.4. The molecule has 0 bridgehead atoms. The van der Waals surface area contributed by atoms with Crippen LogP contribution in [0.2, 0.25) is 0 Å². The number of hydrogen-bond acceptors (Lipinski definition) is 7. The van der Waals surface area contributed by atoms with E-state index in [0.29, 0.717) is 36.5 Å². The molecule has 0 heterocycles. The number of allylic oxidation sites excluding steroid dienone is 2. The number of amides is 1. The largest absolute Gasteiger partial charge is 0.759 e. The number of nitrogens with one attached hydrogen (secondary N) is 1. The number of hydrogen-bond donors (Lipinski definition) is 4. The summed E-state index contributed by atoms with van der Waals surface area (Å²) in [5.74, 6) is 0.425. The Morgan fingerprint density at radius 2 is 1.79 bits per heavy atom. The molecule has 0 aromatic heterocycles. The van der Waals surface area contributed by atoms with E-state index >= 15 is 0 Å². The summed E-state index contributed by atoms with van der Waals surface area (Å²) in [6.07, 6.45) is 7.80. The molecule has 1 atom stereocenters. The van der Waals surface area contributed by atoms with Gasteiger partial charge in [-0.2, -0.15) is 0 Å². The summed E-state index contributed by atoms with van der Waals surface area (Å²) in [4.78, 5) is 21.5. The molecule has 39 heavy (non-hydrogen) atoms. The number of unbranched alkanes of at least 4 members (excludes halogenated alkanes) is 1. The van der Waals surface area contributed by atoms with E-state index in [0.717, 1.165) is 36.3 Å². The van der Waals surface area contributed by atoms with Crippen LogP contribution in [0.15, 0.2) is 54.1 Å². The summed E-state index contributed by atoms with van der Waals surface area (Å²) in [7, 11) is 3.23. The van der Waals surface area contributed by atoms with Gasteiger partial charge < -0.3 is 41.5 Å². The molecule has 10 heteroatoms. The van der Waals surface area contributed by atoms with Crippen molar-refractivity contribution in [1.29, 1.82) is 0 Å². The number of methoxy groups -OCH3 is 2. The van der Waals surface area contributed by atoms with Gasteiger partial charge in [-0.1, -0.05) is 23.8 Å². The molecule has 0 saturated carbocycles. The summed E-state index contributed by atoms with van der Waals surface area (Å²) >= 11 is 0. The topological polar surface area (TPSA) is 171 Å². The van der Waals surface area contributed by atoms with Crippen LogP contribution in [-0.2, 0) is 22.6 Å². The zero-order valence-corrected chi connectivity index (χ0v) is 23.2. The average molecular weight is 544 g/mol. The lowest BCUT2D eigenvalue weighted by molar-refractivity contribution is -0.368. The fraction of sp³-hybridized carbons (Fsp3) is 0.379. The highest BCUT2D eigenvalue weighted by Crippen LogP contribution is 2.35. The van der Waals surface area contributed by atoms with Gasteiger partial charge in [-0.15, -0.1) is 0 Å². The first kappa shape index (κ1) is 33.2. The summed E-state index contributed by atoms with van der Waals surface area (Å²) in [6, 6.07) is 10.5. The molecule has 0 radical (unpaired) electrons. The van der Waals surface area contributed by atoms with Crippen LogP contribution in [0, 0.1) is 5.21 Å². The van der Waals surface area contributed by atoms with Crippen LogP contribution in [0.5, 0.6) is 17.2 Å². The molecule has 0 spiro atoms. The highest BCUT2D eigenvalue weighted by Gasteiger charge is 2.14. The van der Waals surface area contributed by atoms with E-state index in [1.165, 1.54) is 17.1 Å². The van der Waals surface area contributed by atoms with Crippen molar-refractivity contribution in [2.45, 2.75) is 52.2 Å². The monoisotopic (exact) mass is 543 g/mol. The van der Waals surface area contributed by atoms with Gasteiger partial charge in [0.05, 0.1) is 20.8 Å². The number of carbonyl (C=O) groups is 2. The van der Waals surface area contributed by atoms with Gasteiger partial charge in [0.2, 0.25) is 5.91 Å². The lowest BCUT2D eigenvalue weighted by Gasteiger charge is -2.17. The Kier molecular flexibility index (Phi) is 15.6. The van der Waals surface area contributed by atoms with Gasteiger partial charge in [-0.05, 0) is 75.4 Å². The lowest BCUT2D eigenvalue weighted by Crippen LogP contribution is -2.50. The molecule has 214 valence electrons. The molecule has 0 aliphatic carbocycles. The maximum Gasteiger partial charge on any atom is 0.320 e. The van der Waals surface area contributed by atoms with Crippen LogP contribution in [0.3, 0.4) is 0 Å². The maximum atomic E-state index is 11.4. The molecule has 7 N–H and O–H groups in total. The summed E-state index contributed by atoms with van der Waals surface area (Å²) in [5.41, 5.74) is 13.9. The molecular weight excluding hydrogens is 502 g/mol. The number of carboxylic acid groups (broad SMARTS) is 1. The Labute approximate surface area is 230 Å². The van der Waals surface area contributed by atoms with E-state index in [9.17, 15) is 14.8 Å². The van der Waals surface area contributed by atoms with E-state index < -0.39 is 17.9 Å². The van der Waals surface area contributed by atoms with Gasteiger partial charge in [-0.3, -0.25) is 9.59 Å². The standard InChI is InChI=1S/C23H26NO5.C6H14N2O2/c1-16(2)5-12-20-21(28-4)13-8-18(9-14-22(25)24-26)23(20)29-15-17-6-10-19(27-3)11-7-17;7-4-2-1-3-5(8)6(9)10/h5-11,13-14H,12,15H2,1-4H3,(H-,24,25,26);5H,1-4,7-8H2,(H,9,10)/q-1;/p+1/b14-9+;. The van der Waals surface area contributed by atoms with E-state index in [1.807, 2.05) is 44.2 Å². The number of hydroxylamine groups is 1. The lowest BCUT2D eigenvalue weighted by atomic mass is 10.0. The van der Waals surface area contributed by atoms with Crippen LogP contribution >= 0.6 is 0 Å². The Morgan fingerprint density at radius 3 is 2.33 bits per heavy atom. The predicted octanol–water partition coefficient (Wildman–Crippen LogP) is 3.23. The highest BCUT2D eigenvalue weighted by molar-refractivity contribution is 5.92. The Morgan fingerprint density at radius 1 is 1.10 bits per heavy atom. The second-order valence-corrected chi connectivity index (χ2v) is 8.88. The molecule has 1 unspecified atom stereocenters. The molecular formula is C29H41N3O7. The predicted molar refractivity (Wildman–Crippen MR) is 151 cm³/mol. The van der Waals surface area contributed by atoms with Gasteiger partial charge >= 0.3 is 5.97 Å². The van der Waals surface area contributed by atoms with Crippen LogP contribution in [0.4, 0.5) is 0 Å². The van der Waals surface area contributed by atoms with Crippen molar-refractivity contribution in [1.82, 2.24) is 5.48 Å². The third kappa shape index (κ3) is 12.5. The first-order chi connectivity index (χ1) is 18.7. The van der Waals surface area contributed by atoms with Crippen molar-refractivity contribution in [2.75, 3.05) is 20.8 Å². The third-order valence-corrected chi connectivity index (χ3v) is 5.57. The van der Waals surface area contributed by atoms with Crippen molar-refractivity contribution >= 4 is 18.0 Å².